The molecule has 0 bridgehead atoms. The Hall–Kier alpha value is -3.22. The summed E-state index contributed by atoms with van der Waals surface area (Å²) in [4.78, 5) is 15.1. The lowest BCUT2D eigenvalue weighted by atomic mass is 10.1. The fourth-order valence-electron chi connectivity index (χ4n) is 1.94. The number of halogens is 1. The van der Waals surface area contributed by atoms with Gasteiger partial charge in [0, 0.05) is 5.56 Å². The highest BCUT2D eigenvalue weighted by Crippen LogP contribution is 2.31. The Morgan fingerprint density at radius 1 is 1.14 bits per heavy atom. The minimum atomic E-state index is -1.26. The van der Waals surface area contributed by atoms with Crippen LogP contribution in [0.1, 0.15) is 10.4 Å². The quantitative estimate of drug-likeness (QED) is 0.772. The number of hydrogen-bond donors (Lipinski definition) is 2. The number of para-hydroxylation sites is 1. The Morgan fingerprint density at radius 3 is 2.55 bits per heavy atom. The van der Waals surface area contributed by atoms with Crippen molar-refractivity contribution in [2.75, 3.05) is 0 Å². The lowest BCUT2D eigenvalue weighted by Crippen LogP contribution is -1.97. The predicted octanol–water partition coefficient (Wildman–Crippen LogP) is 2.95. The smallest absolute Gasteiger partial charge is 0.339 e. The second kappa shape index (κ2) is 5.28. The van der Waals surface area contributed by atoms with Gasteiger partial charge in [0.05, 0.1) is 5.56 Å². The number of hydrogen-bond acceptors (Lipinski definition) is 5. The monoisotopic (exact) mass is 300 g/mol. The van der Waals surface area contributed by atoms with Crippen molar-refractivity contribution in [1.82, 2.24) is 10.1 Å². The molecular formula is C15H9FN2O4. The third-order valence-electron chi connectivity index (χ3n) is 3.02. The summed E-state index contributed by atoms with van der Waals surface area (Å²) in [6.07, 6.45) is 0. The summed E-state index contributed by atoms with van der Waals surface area (Å²) in [5.41, 5.74) is 0.386. The molecule has 0 fully saturated rings. The molecule has 0 amide bonds. The van der Waals surface area contributed by atoms with E-state index in [-0.39, 0.29) is 22.8 Å². The maximum absolute atomic E-state index is 12.9. The van der Waals surface area contributed by atoms with Crippen LogP contribution in [0.4, 0.5) is 4.39 Å². The predicted molar refractivity (Wildman–Crippen MR) is 73.8 cm³/mol. The van der Waals surface area contributed by atoms with Gasteiger partial charge in [-0.1, -0.05) is 11.2 Å². The van der Waals surface area contributed by atoms with Crippen LogP contribution in [0, 0.1) is 5.82 Å². The van der Waals surface area contributed by atoms with Crippen LogP contribution in [0.2, 0.25) is 0 Å². The lowest BCUT2D eigenvalue weighted by molar-refractivity contribution is 0.0694. The summed E-state index contributed by atoms with van der Waals surface area (Å²) in [7, 11) is 0. The first kappa shape index (κ1) is 13.7. The fraction of sp³-hybridized carbons (Fsp3) is 0. The number of nitrogens with zero attached hydrogens (tertiary/aromatic N) is 2. The fourth-order valence-corrected chi connectivity index (χ4v) is 1.94. The first-order chi connectivity index (χ1) is 10.6. The number of phenols is 1. The van der Waals surface area contributed by atoms with Gasteiger partial charge in [0.1, 0.15) is 17.1 Å². The van der Waals surface area contributed by atoms with Gasteiger partial charge in [-0.25, -0.2) is 9.18 Å². The van der Waals surface area contributed by atoms with Gasteiger partial charge in [-0.05, 0) is 36.4 Å². The highest BCUT2D eigenvalue weighted by Gasteiger charge is 2.18. The molecule has 1 heterocycles. The van der Waals surface area contributed by atoms with E-state index in [9.17, 15) is 14.3 Å². The molecule has 22 heavy (non-hydrogen) atoms. The van der Waals surface area contributed by atoms with E-state index in [1.54, 1.807) is 0 Å². The number of carboxylic acids is 1. The van der Waals surface area contributed by atoms with E-state index in [0.717, 1.165) is 0 Å². The zero-order valence-corrected chi connectivity index (χ0v) is 11.0. The van der Waals surface area contributed by atoms with Crippen molar-refractivity contribution in [1.29, 1.82) is 0 Å². The number of carboxylic acid groups (broad SMARTS) is 1. The first-order valence-electron chi connectivity index (χ1n) is 6.21. The highest BCUT2D eigenvalue weighted by molar-refractivity contribution is 5.93. The van der Waals surface area contributed by atoms with E-state index in [0.29, 0.717) is 5.56 Å². The zero-order valence-electron chi connectivity index (χ0n) is 11.0. The molecule has 6 nitrogen and oxygen atoms in total. The highest BCUT2D eigenvalue weighted by atomic mass is 19.1. The molecule has 0 saturated carbocycles. The van der Waals surface area contributed by atoms with Crippen molar-refractivity contribution in [3.63, 3.8) is 0 Å². The van der Waals surface area contributed by atoms with Crippen LogP contribution in [0.3, 0.4) is 0 Å². The molecule has 3 aromatic rings. The summed E-state index contributed by atoms with van der Waals surface area (Å²) >= 11 is 0. The Kier molecular flexibility index (Phi) is 3.30. The molecule has 0 spiro atoms. The van der Waals surface area contributed by atoms with Gasteiger partial charge in [0.25, 0.3) is 5.89 Å². The molecule has 0 aliphatic heterocycles. The molecule has 3 rings (SSSR count). The lowest BCUT2D eigenvalue weighted by Gasteiger charge is -2.02. The number of benzene rings is 2. The SMILES string of the molecule is O=C(O)c1cccc(-c2noc(-c3ccc(F)cc3)n2)c1O. The zero-order chi connectivity index (χ0) is 15.7. The molecule has 0 aliphatic carbocycles. The molecule has 0 saturated heterocycles. The third kappa shape index (κ3) is 2.39. The maximum Gasteiger partial charge on any atom is 0.339 e. The van der Waals surface area contributed by atoms with E-state index in [2.05, 4.69) is 10.1 Å². The van der Waals surface area contributed by atoms with Gasteiger partial charge < -0.3 is 14.7 Å². The molecule has 0 aliphatic rings. The average Bonchev–Trinajstić information content (AvgIpc) is 2.97. The second-order valence-electron chi connectivity index (χ2n) is 4.44. The Morgan fingerprint density at radius 2 is 1.86 bits per heavy atom. The van der Waals surface area contributed by atoms with Crippen molar-refractivity contribution in [3.8, 4) is 28.6 Å². The van der Waals surface area contributed by atoms with Crippen LogP contribution in [0.25, 0.3) is 22.8 Å². The summed E-state index contributed by atoms with van der Waals surface area (Å²) < 4.78 is 17.9. The summed E-state index contributed by atoms with van der Waals surface area (Å²) in [5.74, 6) is -1.92. The summed E-state index contributed by atoms with van der Waals surface area (Å²) in [5, 5.41) is 22.7. The molecule has 7 heteroatoms. The molecule has 2 aromatic carbocycles. The van der Waals surface area contributed by atoms with Gasteiger partial charge in [0.2, 0.25) is 5.82 Å². The van der Waals surface area contributed by atoms with E-state index >= 15 is 0 Å². The molecule has 1 aromatic heterocycles. The van der Waals surface area contributed by atoms with Crippen molar-refractivity contribution in [2.45, 2.75) is 0 Å². The van der Waals surface area contributed by atoms with Gasteiger partial charge in [0.15, 0.2) is 0 Å². The van der Waals surface area contributed by atoms with E-state index < -0.39 is 17.5 Å². The van der Waals surface area contributed by atoms with E-state index in [4.69, 9.17) is 9.63 Å². The van der Waals surface area contributed by atoms with Crippen molar-refractivity contribution < 1.29 is 23.9 Å². The molecule has 0 radical (unpaired) electrons. The molecule has 0 atom stereocenters. The van der Waals surface area contributed by atoms with Crippen LogP contribution < -0.4 is 0 Å². The number of carbonyl (C=O) groups is 1. The van der Waals surface area contributed by atoms with E-state index in [1.165, 1.54) is 42.5 Å². The van der Waals surface area contributed by atoms with Gasteiger partial charge in [-0.15, -0.1) is 0 Å². The molecule has 110 valence electrons. The molecular weight excluding hydrogens is 291 g/mol. The van der Waals surface area contributed by atoms with Crippen LogP contribution in [-0.4, -0.2) is 26.3 Å². The standard InChI is InChI=1S/C15H9FN2O4/c16-9-6-4-8(5-7-9)14-17-13(18-22-14)10-2-1-3-11(12(10)19)15(20)21/h1-7,19H,(H,20,21). The first-order valence-corrected chi connectivity index (χ1v) is 6.21. The van der Waals surface area contributed by atoms with Gasteiger partial charge in [-0.2, -0.15) is 4.98 Å². The Balaban J connectivity index is 2.03. The largest absolute Gasteiger partial charge is 0.506 e. The minimum Gasteiger partial charge on any atom is -0.506 e. The Labute approximate surface area is 123 Å². The van der Waals surface area contributed by atoms with Gasteiger partial charge in [-0.3, -0.25) is 0 Å². The van der Waals surface area contributed by atoms with Crippen LogP contribution >= 0.6 is 0 Å². The van der Waals surface area contributed by atoms with Crippen LogP contribution in [0.15, 0.2) is 47.0 Å². The van der Waals surface area contributed by atoms with Crippen LogP contribution in [-0.2, 0) is 0 Å². The van der Waals surface area contributed by atoms with Crippen molar-refractivity contribution in [2.24, 2.45) is 0 Å². The number of aromatic hydroxyl groups is 1. The average molecular weight is 300 g/mol. The summed E-state index contributed by atoms with van der Waals surface area (Å²) in [6.45, 7) is 0. The molecule has 0 unspecified atom stereocenters. The summed E-state index contributed by atoms with van der Waals surface area (Å²) in [6, 6.07) is 9.65. The van der Waals surface area contributed by atoms with Crippen molar-refractivity contribution in [3.05, 3.63) is 53.8 Å². The van der Waals surface area contributed by atoms with Crippen molar-refractivity contribution >= 4 is 5.97 Å². The minimum absolute atomic E-state index is 0.0416. The van der Waals surface area contributed by atoms with Crippen LogP contribution in [0.5, 0.6) is 5.75 Å². The number of aromatic carboxylic acids is 1. The number of rotatable bonds is 3. The topological polar surface area (TPSA) is 96.5 Å². The normalized spacial score (nSPS) is 10.6. The van der Waals surface area contributed by atoms with E-state index in [1.807, 2.05) is 0 Å². The Bertz CT molecular complexity index is 843. The number of aromatic nitrogens is 2. The van der Waals surface area contributed by atoms with Gasteiger partial charge >= 0.3 is 5.97 Å². The maximum atomic E-state index is 12.9. The second-order valence-corrected chi connectivity index (χ2v) is 4.44. The third-order valence-corrected chi connectivity index (χ3v) is 3.02. The molecule has 2 N–H and O–H groups in total.